The summed E-state index contributed by atoms with van der Waals surface area (Å²) in [7, 11) is 3.78. The fraction of sp³-hybridized carbons (Fsp3) is 0.321. The fourth-order valence-corrected chi connectivity index (χ4v) is 5.28. The molecule has 4 aromatic rings. The predicted octanol–water partition coefficient (Wildman–Crippen LogP) is 4.83. The van der Waals surface area contributed by atoms with Crippen molar-refractivity contribution >= 4 is 33.9 Å². The Kier molecular flexibility index (Phi) is 5.91. The molecule has 0 saturated heterocycles. The quantitative estimate of drug-likeness (QED) is 0.329. The average molecular weight is 516 g/mol. The molecule has 196 valence electrons. The van der Waals surface area contributed by atoms with Gasteiger partial charge in [-0.25, -0.2) is 19.3 Å². The van der Waals surface area contributed by atoms with Crippen molar-refractivity contribution in [3.63, 3.8) is 0 Å². The Morgan fingerprint density at radius 1 is 1.21 bits per heavy atom. The highest BCUT2D eigenvalue weighted by Crippen LogP contribution is 2.40. The number of fused-ring (bicyclic) bond motifs is 3. The van der Waals surface area contributed by atoms with Gasteiger partial charge < -0.3 is 25.8 Å². The van der Waals surface area contributed by atoms with Crippen LogP contribution in [-0.2, 0) is 6.42 Å². The lowest BCUT2D eigenvalue weighted by molar-refractivity contribution is 0.247. The largest absolute Gasteiger partial charge is 0.495 e. The smallest absolute Gasteiger partial charge is 0.237 e. The molecular weight excluding hydrogens is 485 g/mol. The van der Waals surface area contributed by atoms with Gasteiger partial charge in [-0.1, -0.05) is 0 Å². The summed E-state index contributed by atoms with van der Waals surface area (Å²) in [5, 5.41) is 7.04. The van der Waals surface area contributed by atoms with Crippen molar-refractivity contribution in [1.82, 2.24) is 19.9 Å². The van der Waals surface area contributed by atoms with Gasteiger partial charge in [0.15, 0.2) is 5.82 Å². The first kappa shape index (κ1) is 24.2. The van der Waals surface area contributed by atoms with E-state index in [4.69, 9.17) is 20.2 Å². The van der Waals surface area contributed by atoms with E-state index in [1.165, 1.54) is 11.1 Å². The molecule has 9 nitrogen and oxygen atoms in total. The molecule has 0 fully saturated rings. The Bertz CT molecular complexity index is 1580. The number of hydrogen-bond acceptors (Lipinski definition) is 9. The minimum absolute atomic E-state index is 0.00592. The van der Waals surface area contributed by atoms with Crippen molar-refractivity contribution in [2.24, 2.45) is 0 Å². The summed E-state index contributed by atoms with van der Waals surface area (Å²) in [6.45, 7) is 6.29. The van der Waals surface area contributed by atoms with Gasteiger partial charge in [-0.05, 0) is 62.2 Å². The van der Waals surface area contributed by atoms with Gasteiger partial charge in [0.2, 0.25) is 11.8 Å². The van der Waals surface area contributed by atoms with E-state index in [1.54, 1.807) is 25.6 Å². The Labute approximate surface area is 220 Å². The summed E-state index contributed by atoms with van der Waals surface area (Å²) >= 11 is 0. The minimum atomic E-state index is -0.530. The highest BCUT2D eigenvalue weighted by Gasteiger charge is 2.24. The lowest BCUT2D eigenvalue weighted by Gasteiger charge is -2.32. The summed E-state index contributed by atoms with van der Waals surface area (Å²) in [6.07, 6.45) is 4.12. The molecule has 4 heterocycles. The molecule has 2 aliphatic rings. The molecule has 0 unspecified atom stereocenters. The van der Waals surface area contributed by atoms with Gasteiger partial charge in [-0.3, -0.25) is 4.90 Å². The van der Waals surface area contributed by atoms with Crippen LogP contribution < -0.4 is 25.8 Å². The van der Waals surface area contributed by atoms with Crippen molar-refractivity contribution < 1.29 is 13.9 Å². The first-order valence-electron chi connectivity index (χ1n) is 12.6. The second-order valence-corrected chi connectivity index (χ2v) is 9.81. The van der Waals surface area contributed by atoms with E-state index in [1.807, 2.05) is 6.92 Å². The number of pyridine rings is 1. The van der Waals surface area contributed by atoms with Crippen LogP contribution in [0.1, 0.15) is 29.7 Å². The molecule has 10 heteroatoms. The zero-order valence-corrected chi connectivity index (χ0v) is 21.9. The maximum Gasteiger partial charge on any atom is 0.237 e. The van der Waals surface area contributed by atoms with Crippen molar-refractivity contribution in [2.45, 2.75) is 26.3 Å². The van der Waals surface area contributed by atoms with Gasteiger partial charge in [-0.2, -0.15) is 0 Å². The lowest BCUT2D eigenvalue weighted by Crippen LogP contribution is -2.30. The third-order valence-electron chi connectivity index (χ3n) is 7.65. The van der Waals surface area contributed by atoms with E-state index in [0.717, 1.165) is 29.9 Å². The maximum atomic E-state index is 15.5. The molecular formula is C28H30FN7O2. The molecule has 4 N–H and O–H groups in total. The number of hydrogen-bond donors (Lipinski definition) is 3. The van der Waals surface area contributed by atoms with Crippen LogP contribution in [0.25, 0.3) is 22.0 Å². The van der Waals surface area contributed by atoms with Crippen LogP contribution in [0.2, 0.25) is 0 Å². The molecule has 38 heavy (non-hydrogen) atoms. The summed E-state index contributed by atoms with van der Waals surface area (Å²) in [4.78, 5) is 15.8. The van der Waals surface area contributed by atoms with E-state index in [2.05, 4.69) is 51.6 Å². The van der Waals surface area contributed by atoms with Gasteiger partial charge >= 0.3 is 0 Å². The Hall–Kier alpha value is -4.18. The Balaban J connectivity index is 1.42. The zero-order valence-electron chi connectivity index (χ0n) is 21.9. The Morgan fingerprint density at radius 3 is 2.87 bits per heavy atom. The summed E-state index contributed by atoms with van der Waals surface area (Å²) < 4.78 is 26.8. The van der Waals surface area contributed by atoms with Crippen molar-refractivity contribution in [3.8, 4) is 22.8 Å². The number of halogens is 1. The number of nitrogen functional groups attached to an aromatic ring is 1. The molecule has 0 amide bonds. The van der Waals surface area contributed by atoms with Gasteiger partial charge in [0.25, 0.3) is 0 Å². The molecule has 2 aliphatic heterocycles. The van der Waals surface area contributed by atoms with E-state index >= 15 is 4.39 Å². The lowest BCUT2D eigenvalue weighted by atomic mass is 9.93. The van der Waals surface area contributed by atoms with Crippen molar-refractivity contribution in [3.05, 3.63) is 53.1 Å². The van der Waals surface area contributed by atoms with Gasteiger partial charge in [0, 0.05) is 48.0 Å². The van der Waals surface area contributed by atoms with Crippen LogP contribution in [0.4, 0.5) is 27.4 Å². The van der Waals surface area contributed by atoms with Crippen LogP contribution in [0.3, 0.4) is 0 Å². The number of benzene rings is 2. The van der Waals surface area contributed by atoms with E-state index in [-0.39, 0.29) is 11.7 Å². The highest BCUT2D eigenvalue weighted by molar-refractivity contribution is 5.96. The van der Waals surface area contributed by atoms with Crippen LogP contribution in [0.5, 0.6) is 11.6 Å². The second kappa shape index (κ2) is 9.29. The highest BCUT2D eigenvalue weighted by atomic mass is 19.1. The topological polar surface area (TPSA) is 110 Å². The third kappa shape index (κ3) is 3.92. The van der Waals surface area contributed by atoms with Crippen molar-refractivity contribution in [1.29, 1.82) is 0 Å². The monoisotopic (exact) mass is 515 g/mol. The normalized spacial score (nSPS) is 16.8. The maximum absolute atomic E-state index is 15.5. The Morgan fingerprint density at radius 2 is 2.05 bits per heavy atom. The number of methoxy groups -OCH3 is 1. The first-order chi connectivity index (χ1) is 18.4. The zero-order chi connectivity index (χ0) is 26.6. The third-order valence-corrected chi connectivity index (χ3v) is 7.65. The molecule has 2 aromatic carbocycles. The van der Waals surface area contributed by atoms with Crippen molar-refractivity contribution in [2.75, 3.05) is 50.2 Å². The molecule has 0 spiro atoms. The van der Waals surface area contributed by atoms with Crippen LogP contribution in [0.15, 0.2) is 30.6 Å². The molecule has 0 saturated carbocycles. The average Bonchev–Trinajstić information content (AvgIpc) is 2.93. The summed E-state index contributed by atoms with van der Waals surface area (Å²) in [5.74, 6) is 1.06. The summed E-state index contributed by atoms with van der Waals surface area (Å²) in [5.41, 5.74) is 12.6. The van der Waals surface area contributed by atoms with E-state index in [0.29, 0.717) is 52.8 Å². The molecule has 1 atom stereocenters. The SMILES string of the molecule is COc1cc2c(cc1Nc1ncc3c(N)c(F)c(-c4cnc5c(c4C)NCCO5)cc3n1)[C@H](C)N(C)CC2. The summed E-state index contributed by atoms with van der Waals surface area (Å²) in [6, 6.07) is 6.15. The van der Waals surface area contributed by atoms with Gasteiger partial charge in [0.05, 0.1) is 24.0 Å². The number of likely N-dealkylation sites (N-methyl/N-ethyl adjacent to an activating group) is 1. The number of nitrogens with zero attached hydrogens (tertiary/aromatic N) is 4. The number of anilines is 4. The molecule has 0 bridgehead atoms. The van der Waals surface area contributed by atoms with Gasteiger partial charge in [0.1, 0.15) is 18.0 Å². The fourth-order valence-electron chi connectivity index (χ4n) is 5.28. The number of nitrogens with two attached hydrogens (primary N) is 1. The van der Waals surface area contributed by atoms with E-state index < -0.39 is 5.82 Å². The number of rotatable bonds is 4. The number of aromatic nitrogens is 3. The first-order valence-corrected chi connectivity index (χ1v) is 12.6. The standard InChI is InChI=1S/C28H30FN7O2/c1-14-19(12-32-27-26(14)31-6-8-38-27)18-11-21-20(25(30)24(18)29)13-33-28(34-21)35-22-10-17-15(2)36(3)7-5-16(17)9-23(22)37-4/h9-13,15,31H,5-8,30H2,1-4H3,(H,33,34,35)/t15-/m0/s1. The molecule has 2 aromatic heterocycles. The van der Waals surface area contributed by atoms with Crippen LogP contribution in [-0.4, -0.2) is 53.7 Å². The molecule has 6 rings (SSSR count). The van der Waals surface area contributed by atoms with E-state index in [9.17, 15) is 0 Å². The molecule has 0 aliphatic carbocycles. The number of ether oxygens (including phenoxy) is 2. The minimum Gasteiger partial charge on any atom is -0.495 e. The molecule has 0 radical (unpaired) electrons. The van der Waals surface area contributed by atoms with Crippen LogP contribution in [0, 0.1) is 12.7 Å². The number of nitrogens with one attached hydrogen (secondary N) is 2. The van der Waals surface area contributed by atoms with Gasteiger partial charge in [-0.15, -0.1) is 0 Å². The second-order valence-electron chi connectivity index (χ2n) is 9.81. The van der Waals surface area contributed by atoms with Crippen LogP contribution >= 0.6 is 0 Å². The predicted molar refractivity (Wildman–Crippen MR) is 147 cm³/mol.